The van der Waals surface area contributed by atoms with E-state index in [1.807, 2.05) is 84.0 Å². The van der Waals surface area contributed by atoms with E-state index in [0.29, 0.717) is 22.7 Å². The Hall–Kier alpha value is -4.91. The molecule has 1 N–H and O–H groups in total. The maximum Gasteiger partial charge on any atom is 0.256 e. The highest BCUT2D eigenvalue weighted by Gasteiger charge is 2.32. The van der Waals surface area contributed by atoms with Crippen LogP contribution in [0, 0.1) is 0 Å². The number of methoxy groups -OCH3 is 1. The lowest BCUT2D eigenvalue weighted by molar-refractivity contribution is -0.120. The van der Waals surface area contributed by atoms with Gasteiger partial charge < -0.3 is 19.7 Å². The zero-order valence-corrected chi connectivity index (χ0v) is 23.0. The molecule has 208 valence electrons. The number of nitrogens with zero attached hydrogens (tertiary/aromatic N) is 2. The topological polar surface area (TPSA) is 80.2 Å². The number of aliphatic imine (C=N–C) groups is 1. The first-order valence-corrected chi connectivity index (χ1v) is 13.8. The number of hydrogen-bond donors (Lipinski definition) is 1. The van der Waals surface area contributed by atoms with Gasteiger partial charge in [0.05, 0.1) is 37.4 Å². The summed E-state index contributed by atoms with van der Waals surface area (Å²) < 4.78 is 11.4. The van der Waals surface area contributed by atoms with Crippen molar-refractivity contribution < 1.29 is 19.1 Å². The third kappa shape index (κ3) is 7.00. The van der Waals surface area contributed by atoms with Crippen molar-refractivity contribution in [3.8, 4) is 11.5 Å². The monoisotopic (exact) mass is 547 g/mol. The van der Waals surface area contributed by atoms with Gasteiger partial charge in [0.25, 0.3) is 5.91 Å². The van der Waals surface area contributed by atoms with Crippen molar-refractivity contribution >= 4 is 23.7 Å². The first-order valence-electron chi connectivity index (χ1n) is 13.8. The van der Waals surface area contributed by atoms with Crippen LogP contribution in [0.3, 0.4) is 0 Å². The molecule has 1 aromatic carbocycles. The lowest BCUT2D eigenvalue weighted by Gasteiger charge is -2.20. The average Bonchev–Trinajstić information content (AvgIpc) is 3.62. The van der Waals surface area contributed by atoms with Crippen LogP contribution in [0.15, 0.2) is 125 Å². The van der Waals surface area contributed by atoms with Crippen LogP contribution in [0.4, 0.5) is 5.69 Å². The summed E-state index contributed by atoms with van der Waals surface area (Å²) in [6, 6.07) is 3.42. The Morgan fingerprint density at radius 3 is 2.59 bits per heavy atom. The largest absolute Gasteiger partial charge is 0.493 e. The number of ether oxygens (including phenoxy) is 2. The summed E-state index contributed by atoms with van der Waals surface area (Å²) in [7, 11) is 1.53. The Bertz CT molecular complexity index is 1500. The molecule has 1 aromatic rings. The summed E-state index contributed by atoms with van der Waals surface area (Å²) in [5.74, 6) is 0.670. The lowest BCUT2D eigenvalue weighted by atomic mass is 10.1. The average molecular weight is 548 g/mol. The minimum absolute atomic E-state index is 0.0288. The van der Waals surface area contributed by atoms with Gasteiger partial charge >= 0.3 is 0 Å². The minimum atomic E-state index is -0.173. The quantitative estimate of drug-likeness (QED) is 0.454. The molecule has 0 aromatic heterocycles. The number of rotatable bonds is 7. The minimum Gasteiger partial charge on any atom is -0.493 e. The third-order valence-corrected chi connectivity index (χ3v) is 7.00. The van der Waals surface area contributed by atoms with E-state index in [0.717, 1.165) is 36.1 Å². The Balaban J connectivity index is 1.18. The second-order valence-electron chi connectivity index (χ2n) is 9.77. The van der Waals surface area contributed by atoms with Crippen molar-refractivity contribution in [2.24, 2.45) is 4.99 Å². The second-order valence-corrected chi connectivity index (χ2v) is 9.77. The molecule has 7 nitrogen and oxygen atoms in total. The highest BCUT2D eigenvalue weighted by atomic mass is 16.5. The molecule has 2 heterocycles. The number of benzene rings is 1. The molecule has 0 bridgehead atoms. The number of allylic oxidation sites excluding steroid dienone is 17. The Morgan fingerprint density at radius 1 is 1.00 bits per heavy atom. The summed E-state index contributed by atoms with van der Waals surface area (Å²) in [5.41, 5.74) is 4.06. The molecule has 0 saturated carbocycles. The fraction of sp³-hybridized carbons (Fsp3) is 0.206. The zero-order chi connectivity index (χ0) is 28.4. The zero-order valence-electron chi connectivity index (χ0n) is 23.0. The summed E-state index contributed by atoms with van der Waals surface area (Å²) >= 11 is 0. The van der Waals surface area contributed by atoms with Crippen LogP contribution in [0.1, 0.15) is 29.6 Å². The van der Waals surface area contributed by atoms with Gasteiger partial charge in [0.15, 0.2) is 11.5 Å². The molecule has 4 aliphatic rings. The molecule has 0 radical (unpaired) electrons. The normalized spacial score (nSPS) is 25.4. The molecule has 2 aliphatic carbocycles. The molecule has 0 spiro atoms. The summed E-state index contributed by atoms with van der Waals surface area (Å²) in [4.78, 5) is 32.0. The number of fused-ring (bicyclic) bond motifs is 2. The van der Waals surface area contributed by atoms with Crippen LogP contribution < -0.4 is 14.8 Å². The van der Waals surface area contributed by atoms with Crippen molar-refractivity contribution in [1.29, 1.82) is 0 Å². The van der Waals surface area contributed by atoms with Gasteiger partial charge in [0, 0.05) is 25.0 Å². The standard InChI is InChI=1S/C34H33N3O4/c1-40-31-21-29-30(35-24-28-14-11-18-37(28)34(29)39)22-32(31)41-19-17-33(38)36-23-25-15-16-27(20-25)26-12-9-7-5-3-2-4-6-8-10-13-26/h2-10,12-13,15-16,20-24,28H,11,14,17-19H2,1H3,(H,36,38)/b3-2-,4-2?,5-3?,6-4-,7-5-,8-6?,9-7?,10-8-,12-9-,13-10?,25-23-,26-12?,26-13+/t28-/m0/s1. The van der Waals surface area contributed by atoms with E-state index in [9.17, 15) is 9.59 Å². The van der Waals surface area contributed by atoms with E-state index in [1.54, 1.807) is 18.3 Å². The number of carbonyl (C=O) groups is 2. The Morgan fingerprint density at radius 2 is 1.78 bits per heavy atom. The fourth-order valence-corrected chi connectivity index (χ4v) is 4.86. The lowest BCUT2D eigenvalue weighted by Crippen LogP contribution is -2.35. The molecule has 7 heteroatoms. The predicted molar refractivity (Wildman–Crippen MR) is 163 cm³/mol. The van der Waals surface area contributed by atoms with E-state index in [4.69, 9.17) is 9.47 Å². The first kappa shape index (κ1) is 27.6. The van der Waals surface area contributed by atoms with E-state index >= 15 is 0 Å². The molecule has 2 aliphatic heterocycles. The van der Waals surface area contributed by atoms with Gasteiger partial charge in [0.2, 0.25) is 5.91 Å². The maximum absolute atomic E-state index is 13.0. The first-order chi connectivity index (χ1) is 20.1. The van der Waals surface area contributed by atoms with Crippen molar-refractivity contribution in [3.05, 3.63) is 126 Å². The van der Waals surface area contributed by atoms with Crippen molar-refractivity contribution in [2.75, 3.05) is 20.3 Å². The number of hydrogen-bond acceptors (Lipinski definition) is 5. The van der Waals surface area contributed by atoms with Gasteiger partial charge in [-0.25, -0.2) is 0 Å². The van der Waals surface area contributed by atoms with Crippen LogP contribution in [-0.2, 0) is 4.79 Å². The molecule has 2 amide bonds. The van der Waals surface area contributed by atoms with E-state index in [1.165, 1.54) is 7.11 Å². The number of carbonyl (C=O) groups excluding carboxylic acids is 2. The van der Waals surface area contributed by atoms with E-state index < -0.39 is 0 Å². The number of amides is 2. The predicted octanol–water partition coefficient (Wildman–Crippen LogP) is 6.00. The molecule has 0 unspecified atom stereocenters. The smallest absolute Gasteiger partial charge is 0.256 e. The SMILES string of the molecule is COc1cc2c(cc1OCCC(=O)N/C=C1/C=CC(C3=C/C=C\C=C/C=C\C=C/C=C\3)=C1)N=C[C@@H]1CCCN1C2=O. The van der Waals surface area contributed by atoms with Gasteiger partial charge in [-0.1, -0.05) is 79.0 Å². The molecule has 1 fully saturated rings. The Kier molecular flexibility index (Phi) is 9.06. The van der Waals surface area contributed by atoms with Gasteiger partial charge in [-0.2, -0.15) is 0 Å². The second kappa shape index (κ2) is 13.4. The van der Waals surface area contributed by atoms with Crippen LogP contribution in [0.5, 0.6) is 11.5 Å². The van der Waals surface area contributed by atoms with Gasteiger partial charge in [-0.15, -0.1) is 0 Å². The highest BCUT2D eigenvalue weighted by molar-refractivity contribution is 6.03. The van der Waals surface area contributed by atoms with Crippen LogP contribution in [0.2, 0.25) is 0 Å². The van der Waals surface area contributed by atoms with Crippen LogP contribution in [-0.4, -0.2) is 49.2 Å². The third-order valence-electron chi connectivity index (χ3n) is 7.00. The highest BCUT2D eigenvalue weighted by Crippen LogP contribution is 2.38. The summed E-state index contributed by atoms with van der Waals surface area (Å²) in [6.45, 7) is 0.877. The van der Waals surface area contributed by atoms with Crippen molar-refractivity contribution in [3.63, 3.8) is 0 Å². The molecular weight excluding hydrogens is 514 g/mol. The fourth-order valence-electron chi connectivity index (χ4n) is 4.86. The summed E-state index contributed by atoms with van der Waals surface area (Å²) in [6.07, 6.45) is 33.6. The molecular formula is C34H33N3O4. The van der Waals surface area contributed by atoms with Crippen molar-refractivity contribution in [2.45, 2.75) is 25.3 Å². The van der Waals surface area contributed by atoms with E-state index in [2.05, 4.69) is 22.5 Å². The molecule has 41 heavy (non-hydrogen) atoms. The van der Waals surface area contributed by atoms with Gasteiger partial charge in [-0.05, 0) is 41.7 Å². The molecule has 1 saturated heterocycles. The summed E-state index contributed by atoms with van der Waals surface area (Å²) in [5, 5.41) is 2.84. The molecule has 5 rings (SSSR count). The Labute approximate surface area is 240 Å². The van der Waals surface area contributed by atoms with Crippen LogP contribution >= 0.6 is 0 Å². The van der Waals surface area contributed by atoms with Crippen LogP contribution in [0.25, 0.3) is 0 Å². The number of nitrogens with one attached hydrogen (secondary N) is 1. The van der Waals surface area contributed by atoms with Gasteiger partial charge in [-0.3, -0.25) is 14.6 Å². The maximum atomic E-state index is 13.0. The molecule has 1 atom stereocenters. The van der Waals surface area contributed by atoms with Crippen molar-refractivity contribution in [1.82, 2.24) is 10.2 Å². The van der Waals surface area contributed by atoms with Gasteiger partial charge in [0.1, 0.15) is 0 Å². The van der Waals surface area contributed by atoms with E-state index in [-0.39, 0.29) is 30.9 Å².